The van der Waals surface area contributed by atoms with E-state index in [1.807, 2.05) is 0 Å². The van der Waals surface area contributed by atoms with Crippen LogP contribution in [-0.4, -0.2) is 67.8 Å². The Morgan fingerprint density at radius 2 is 1.94 bits per heavy atom. The van der Waals surface area contributed by atoms with E-state index in [4.69, 9.17) is 5.11 Å². The molecular formula is C10H20N4O3. The summed E-state index contributed by atoms with van der Waals surface area (Å²) in [6.07, 6.45) is 0.875. The van der Waals surface area contributed by atoms with Crippen LogP contribution in [0.1, 0.15) is 6.42 Å². The van der Waals surface area contributed by atoms with Crippen LogP contribution in [0.5, 0.6) is 0 Å². The van der Waals surface area contributed by atoms with Crippen LogP contribution in [0.2, 0.25) is 0 Å². The van der Waals surface area contributed by atoms with Gasteiger partial charge in [-0.25, -0.2) is 4.79 Å². The van der Waals surface area contributed by atoms with Gasteiger partial charge in [-0.3, -0.25) is 4.79 Å². The van der Waals surface area contributed by atoms with E-state index >= 15 is 0 Å². The first-order chi connectivity index (χ1) is 8.18. The molecule has 0 aromatic carbocycles. The minimum atomic E-state index is -1.04. The normalized spacial score (nSPS) is 16.5. The largest absolute Gasteiger partial charge is 0.480 e. The Labute approximate surface area is 101 Å². The fourth-order valence-electron chi connectivity index (χ4n) is 1.66. The molecule has 1 aliphatic heterocycles. The van der Waals surface area contributed by atoms with Crippen LogP contribution in [0, 0.1) is 0 Å². The predicted molar refractivity (Wildman–Crippen MR) is 63.0 cm³/mol. The molecule has 17 heavy (non-hydrogen) atoms. The highest BCUT2D eigenvalue weighted by molar-refractivity contribution is 5.79. The quantitative estimate of drug-likeness (QED) is 0.434. The van der Waals surface area contributed by atoms with Gasteiger partial charge in [0.1, 0.15) is 6.54 Å². The number of carbonyl (C=O) groups excluding carboxylic acids is 1. The van der Waals surface area contributed by atoms with Gasteiger partial charge in [-0.15, -0.1) is 0 Å². The summed E-state index contributed by atoms with van der Waals surface area (Å²) in [7, 11) is 0. The Hall–Kier alpha value is -1.34. The molecule has 1 aliphatic rings. The molecule has 0 spiro atoms. The summed E-state index contributed by atoms with van der Waals surface area (Å²) in [5, 5.41) is 16.5. The Balaban J connectivity index is 1.95. The lowest BCUT2D eigenvalue weighted by atomic mass is 10.3. The minimum absolute atomic E-state index is 0.344. The third-order valence-corrected chi connectivity index (χ3v) is 2.55. The number of hydrogen-bond donors (Lipinski definition) is 4. The number of amides is 2. The summed E-state index contributed by atoms with van der Waals surface area (Å²) in [6.45, 7) is 5.31. The number of carboxylic acids is 1. The molecule has 7 nitrogen and oxygen atoms in total. The molecule has 0 aliphatic carbocycles. The maximum Gasteiger partial charge on any atom is 0.323 e. The van der Waals surface area contributed by atoms with Crippen molar-refractivity contribution in [2.45, 2.75) is 6.42 Å². The molecule has 7 heteroatoms. The standard InChI is InChI=1S/C10H20N4O3/c15-9(16)8-13-10(17)12-2-1-5-14-6-3-11-4-7-14/h11H,1-8H2,(H,15,16)(H2,12,13,17). The molecule has 0 unspecified atom stereocenters. The third-order valence-electron chi connectivity index (χ3n) is 2.55. The molecule has 0 radical (unpaired) electrons. The molecule has 98 valence electrons. The average Bonchev–Trinajstić information content (AvgIpc) is 2.33. The van der Waals surface area contributed by atoms with Crippen LogP contribution < -0.4 is 16.0 Å². The smallest absolute Gasteiger partial charge is 0.323 e. The van der Waals surface area contributed by atoms with Gasteiger partial charge < -0.3 is 26.0 Å². The highest BCUT2D eigenvalue weighted by atomic mass is 16.4. The number of hydrogen-bond acceptors (Lipinski definition) is 4. The van der Waals surface area contributed by atoms with Crippen LogP contribution >= 0.6 is 0 Å². The first-order valence-corrected chi connectivity index (χ1v) is 5.85. The molecule has 0 saturated carbocycles. The van der Waals surface area contributed by atoms with E-state index in [0.29, 0.717) is 6.54 Å². The molecule has 4 N–H and O–H groups in total. The zero-order valence-corrected chi connectivity index (χ0v) is 9.87. The fourth-order valence-corrected chi connectivity index (χ4v) is 1.66. The van der Waals surface area contributed by atoms with Crippen molar-refractivity contribution < 1.29 is 14.7 Å². The summed E-state index contributed by atoms with van der Waals surface area (Å²) < 4.78 is 0. The van der Waals surface area contributed by atoms with Crippen molar-refractivity contribution in [3.63, 3.8) is 0 Å². The third kappa shape index (κ3) is 6.75. The van der Waals surface area contributed by atoms with Gasteiger partial charge in [-0.1, -0.05) is 0 Å². The number of carbonyl (C=O) groups is 2. The molecule has 1 heterocycles. The second-order valence-electron chi connectivity index (χ2n) is 3.95. The molecule has 0 aromatic heterocycles. The second-order valence-corrected chi connectivity index (χ2v) is 3.95. The van der Waals surface area contributed by atoms with E-state index in [0.717, 1.165) is 39.1 Å². The minimum Gasteiger partial charge on any atom is -0.480 e. The lowest BCUT2D eigenvalue weighted by Gasteiger charge is -2.27. The van der Waals surface area contributed by atoms with Gasteiger partial charge in [0.25, 0.3) is 0 Å². The number of urea groups is 1. The molecule has 1 rings (SSSR count). The molecule has 0 bridgehead atoms. The van der Waals surface area contributed by atoms with Gasteiger partial charge in [0.2, 0.25) is 0 Å². The van der Waals surface area contributed by atoms with E-state index in [2.05, 4.69) is 20.9 Å². The van der Waals surface area contributed by atoms with Gasteiger partial charge in [0.15, 0.2) is 0 Å². The molecule has 1 saturated heterocycles. The zero-order chi connectivity index (χ0) is 12.5. The Morgan fingerprint density at radius 3 is 2.59 bits per heavy atom. The van der Waals surface area contributed by atoms with Gasteiger partial charge in [0, 0.05) is 32.7 Å². The molecule has 2 amide bonds. The summed E-state index contributed by atoms with van der Waals surface area (Å²) in [6, 6.07) is -0.423. The van der Waals surface area contributed by atoms with Crippen molar-refractivity contribution in [1.29, 1.82) is 0 Å². The fraction of sp³-hybridized carbons (Fsp3) is 0.800. The predicted octanol–water partition coefficient (Wildman–Crippen LogP) is -1.33. The van der Waals surface area contributed by atoms with Crippen molar-refractivity contribution in [3.8, 4) is 0 Å². The van der Waals surface area contributed by atoms with Gasteiger partial charge in [-0.2, -0.15) is 0 Å². The SMILES string of the molecule is O=C(O)CNC(=O)NCCCN1CCNCC1. The highest BCUT2D eigenvalue weighted by Crippen LogP contribution is 1.93. The highest BCUT2D eigenvalue weighted by Gasteiger charge is 2.08. The van der Waals surface area contributed by atoms with Crippen LogP contribution in [0.25, 0.3) is 0 Å². The monoisotopic (exact) mass is 244 g/mol. The number of nitrogens with one attached hydrogen (secondary N) is 3. The van der Waals surface area contributed by atoms with Gasteiger partial charge in [-0.05, 0) is 13.0 Å². The van der Waals surface area contributed by atoms with E-state index in [1.54, 1.807) is 0 Å². The van der Waals surface area contributed by atoms with Gasteiger partial charge in [0.05, 0.1) is 0 Å². The second kappa shape index (κ2) is 7.86. The summed E-state index contributed by atoms with van der Waals surface area (Å²) in [5.41, 5.74) is 0. The Morgan fingerprint density at radius 1 is 1.24 bits per heavy atom. The summed E-state index contributed by atoms with van der Waals surface area (Å²) in [5.74, 6) is -1.04. The van der Waals surface area contributed by atoms with Crippen molar-refractivity contribution >= 4 is 12.0 Å². The maximum absolute atomic E-state index is 11.1. The molecule has 1 fully saturated rings. The van der Waals surface area contributed by atoms with E-state index in [-0.39, 0.29) is 6.54 Å². The number of aliphatic carboxylic acids is 1. The Kier molecular flexibility index (Phi) is 6.34. The molecule has 0 aromatic rings. The lowest BCUT2D eigenvalue weighted by Crippen LogP contribution is -2.44. The summed E-state index contributed by atoms with van der Waals surface area (Å²) >= 11 is 0. The summed E-state index contributed by atoms with van der Waals surface area (Å²) in [4.78, 5) is 23.6. The average molecular weight is 244 g/mol. The van der Waals surface area contributed by atoms with Crippen LogP contribution in [0.15, 0.2) is 0 Å². The van der Waals surface area contributed by atoms with Crippen LogP contribution in [0.3, 0.4) is 0 Å². The topological polar surface area (TPSA) is 93.7 Å². The molecule has 0 atom stereocenters. The van der Waals surface area contributed by atoms with Crippen molar-refractivity contribution in [2.24, 2.45) is 0 Å². The number of piperazine rings is 1. The zero-order valence-electron chi connectivity index (χ0n) is 9.87. The van der Waals surface area contributed by atoms with Crippen LogP contribution in [0.4, 0.5) is 4.79 Å². The maximum atomic E-state index is 11.1. The Bertz CT molecular complexity index is 254. The van der Waals surface area contributed by atoms with E-state index in [1.165, 1.54) is 0 Å². The lowest BCUT2D eigenvalue weighted by molar-refractivity contribution is -0.135. The number of nitrogens with zero attached hydrogens (tertiary/aromatic N) is 1. The molecular weight excluding hydrogens is 224 g/mol. The van der Waals surface area contributed by atoms with Crippen molar-refractivity contribution in [1.82, 2.24) is 20.9 Å². The number of carboxylic acid groups (broad SMARTS) is 1. The van der Waals surface area contributed by atoms with Crippen molar-refractivity contribution in [2.75, 3.05) is 45.8 Å². The first kappa shape index (κ1) is 13.7. The van der Waals surface area contributed by atoms with E-state index in [9.17, 15) is 9.59 Å². The first-order valence-electron chi connectivity index (χ1n) is 5.85. The van der Waals surface area contributed by atoms with Gasteiger partial charge >= 0.3 is 12.0 Å². The number of rotatable bonds is 6. The van der Waals surface area contributed by atoms with Crippen molar-refractivity contribution in [3.05, 3.63) is 0 Å². The van der Waals surface area contributed by atoms with E-state index < -0.39 is 12.0 Å². The van der Waals surface area contributed by atoms with Crippen LogP contribution in [-0.2, 0) is 4.79 Å².